The molecule has 0 radical (unpaired) electrons. The Morgan fingerprint density at radius 3 is 2.89 bits per heavy atom. The van der Waals surface area contributed by atoms with Gasteiger partial charge in [-0.05, 0) is 26.3 Å². The maximum absolute atomic E-state index is 11.3. The van der Waals surface area contributed by atoms with Crippen LogP contribution in [0.1, 0.15) is 25.8 Å². The molecule has 2 rings (SSSR count). The molecule has 1 heterocycles. The second-order valence-corrected chi connectivity index (χ2v) is 5.27. The zero-order valence-electron chi connectivity index (χ0n) is 11.7. The lowest BCUT2D eigenvalue weighted by atomic mass is 10.00. The molecule has 0 spiro atoms. The molecule has 0 N–H and O–H groups in total. The lowest BCUT2D eigenvalue weighted by Gasteiger charge is -2.41. The van der Waals surface area contributed by atoms with E-state index in [1.165, 1.54) is 0 Å². The number of hydrogen-bond acceptors (Lipinski definition) is 4. The van der Waals surface area contributed by atoms with Gasteiger partial charge in [0.1, 0.15) is 5.69 Å². The number of nitrogens with zero attached hydrogens (tertiary/aromatic N) is 2. The number of benzene rings is 1. The maximum atomic E-state index is 11.3. The molecule has 1 aromatic rings. The van der Waals surface area contributed by atoms with E-state index in [1.807, 2.05) is 12.1 Å². The van der Waals surface area contributed by atoms with Crippen molar-refractivity contribution in [1.82, 2.24) is 0 Å². The number of nitro groups is 1. The van der Waals surface area contributed by atoms with E-state index in [-0.39, 0.29) is 16.2 Å². The first-order chi connectivity index (χ1) is 8.97. The van der Waals surface area contributed by atoms with Crippen LogP contribution in [-0.2, 0) is 4.74 Å². The second kappa shape index (κ2) is 5.17. The lowest BCUT2D eigenvalue weighted by Crippen LogP contribution is -2.50. The highest BCUT2D eigenvalue weighted by atomic mass is 16.6. The molecule has 1 saturated heterocycles. The third kappa shape index (κ3) is 2.71. The van der Waals surface area contributed by atoms with Crippen LogP contribution in [-0.4, -0.2) is 30.2 Å². The normalized spacial score (nSPS) is 23.4. The van der Waals surface area contributed by atoms with Gasteiger partial charge in [0.2, 0.25) is 0 Å². The van der Waals surface area contributed by atoms with E-state index in [0.29, 0.717) is 30.9 Å². The van der Waals surface area contributed by atoms with Crippen molar-refractivity contribution in [2.24, 2.45) is 0 Å². The summed E-state index contributed by atoms with van der Waals surface area (Å²) in [7, 11) is 0. The molecule has 1 aliphatic heterocycles. The van der Waals surface area contributed by atoms with E-state index in [2.05, 4.69) is 18.7 Å². The molecular weight excluding hydrogens is 244 g/mol. The predicted molar refractivity (Wildman–Crippen MR) is 74.7 cm³/mol. The van der Waals surface area contributed by atoms with Gasteiger partial charge >= 0.3 is 0 Å². The molecule has 5 nitrogen and oxygen atoms in total. The Bertz CT molecular complexity index is 490. The SMILES string of the molecule is CCC1(C)CN(c2cccc(C)c2[N+](=O)[O-])CCO1. The number of hydrogen-bond donors (Lipinski definition) is 0. The van der Waals surface area contributed by atoms with Gasteiger partial charge in [-0.1, -0.05) is 19.1 Å². The summed E-state index contributed by atoms with van der Waals surface area (Å²) in [6, 6.07) is 5.48. The quantitative estimate of drug-likeness (QED) is 0.622. The number of morpholine rings is 1. The van der Waals surface area contributed by atoms with Gasteiger partial charge in [0.25, 0.3) is 5.69 Å². The van der Waals surface area contributed by atoms with Gasteiger partial charge in [0.05, 0.1) is 17.1 Å². The zero-order valence-corrected chi connectivity index (χ0v) is 11.7. The van der Waals surface area contributed by atoms with E-state index in [0.717, 1.165) is 6.42 Å². The molecule has 1 unspecified atom stereocenters. The third-order valence-corrected chi connectivity index (χ3v) is 3.82. The number of nitro benzene ring substituents is 1. The summed E-state index contributed by atoms with van der Waals surface area (Å²) in [5, 5.41) is 11.3. The minimum Gasteiger partial charge on any atom is -0.372 e. The Balaban J connectivity index is 2.37. The number of ether oxygens (including phenoxy) is 1. The molecule has 0 amide bonds. The van der Waals surface area contributed by atoms with Crippen molar-refractivity contribution in [3.05, 3.63) is 33.9 Å². The first kappa shape index (κ1) is 13.8. The summed E-state index contributed by atoms with van der Waals surface area (Å²) in [6.07, 6.45) is 0.892. The Hall–Kier alpha value is -1.62. The van der Waals surface area contributed by atoms with Crippen LogP contribution in [0.25, 0.3) is 0 Å². The molecule has 19 heavy (non-hydrogen) atoms. The van der Waals surface area contributed by atoms with E-state index in [1.54, 1.807) is 13.0 Å². The Morgan fingerprint density at radius 1 is 1.53 bits per heavy atom. The predicted octanol–water partition coefficient (Wildman–Crippen LogP) is 2.91. The van der Waals surface area contributed by atoms with Gasteiger partial charge in [0, 0.05) is 18.7 Å². The van der Waals surface area contributed by atoms with Crippen LogP contribution in [0.3, 0.4) is 0 Å². The minimum absolute atomic E-state index is 0.211. The minimum atomic E-state index is -0.288. The Labute approximate surface area is 113 Å². The number of anilines is 1. The summed E-state index contributed by atoms with van der Waals surface area (Å²) in [5.41, 5.74) is 1.39. The molecule has 5 heteroatoms. The first-order valence-corrected chi connectivity index (χ1v) is 6.60. The molecule has 1 fully saturated rings. The van der Waals surface area contributed by atoms with E-state index >= 15 is 0 Å². The molecule has 1 aliphatic rings. The van der Waals surface area contributed by atoms with Crippen LogP contribution >= 0.6 is 0 Å². The van der Waals surface area contributed by atoms with Gasteiger partial charge in [-0.2, -0.15) is 0 Å². The number of aryl methyl sites for hydroxylation is 1. The monoisotopic (exact) mass is 264 g/mol. The van der Waals surface area contributed by atoms with Crippen molar-refractivity contribution < 1.29 is 9.66 Å². The molecular formula is C14H20N2O3. The Kier molecular flexibility index (Phi) is 3.75. The van der Waals surface area contributed by atoms with Crippen molar-refractivity contribution in [3.63, 3.8) is 0 Å². The van der Waals surface area contributed by atoms with Crippen LogP contribution in [0.15, 0.2) is 18.2 Å². The number of rotatable bonds is 3. The smallest absolute Gasteiger partial charge is 0.295 e. The standard InChI is InChI=1S/C14H20N2O3/c1-4-14(3)10-15(8-9-19-14)12-7-5-6-11(2)13(12)16(17)18/h5-7H,4,8-10H2,1-3H3. The third-order valence-electron chi connectivity index (χ3n) is 3.82. The average Bonchev–Trinajstić information content (AvgIpc) is 2.38. The fourth-order valence-corrected chi connectivity index (χ4v) is 2.49. The molecule has 1 atom stereocenters. The summed E-state index contributed by atoms with van der Waals surface area (Å²) in [6.45, 7) is 7.90. The highest BCUT2D eigenvalue weighted by molar-refractivity contribution is 5.67. The molecule has 104 valence electrons. The lowest BCUT2D eigenvalue weighted by molar-refractivity contribution is -0.384. The summed E-state index contributed by atoms with van der Waals surface area (Å²) in [4.78, 5) is 13.0. The van der Waals surface area contributed by atoms with E-state index in [4.69, 9.17) is 4.74 Å². The van der Waals surface area contributed by atoms with Crippen molar-refractivity contribution in [1.29, 1.82) is 0 Å². The molecule has 0 saturated carbocycles. The largest absolute Gasteiger partial charge is 0.372 e. The second-order valence-electron chi connectivity index (χ2n) is 5.27. The van der Waals surface area contributed by atoms with Gasteiger partial charge in [-0.15, -0.1) is 0 Å². The fourth-order valence-electron chi connectivity index (χ4n) is 2.49. The summed E-state index contributed by atoms with van der Waals surface area (Å²) < 4.78 is 5.79. The molecule has 0 aliphatic carbocycles. The van der Waals surface area contributed by atoms with E-state index in [9.17, 15) is 10.1 Å². The maximum Gasteiger partial charge on any atom is 0.295 e. The highest BCUT2D eigenvalue weighted by Gasteiger charge is 2.33. The van der Waals surface area contributed by atoms with Crippen molar-refractivity contribution >= 4 is 11.4 Å². The van der Waals surface area contributed by atoms with Gasteiger partial charge < -0.3 is 9.64 Å². The van der Waals surface area contributed by atoms with Crippen LogP contribution < -0.4 is 4.90 Å². The summed E-state index contributed by atoms with van der Waals surface area (Å²) in [5.74, 6) is 0. The first-order valence-electron chi connectivity index (χ1n) is 6.60. The van der Waals surface area contributed by atoms with Crippen LogP contribution in [0, 0.1) is 17.0 Å². The Morgan fingerprint density at radius 2 is 2.26 bits per heavy atom. The topological polar surface area (TPSA) is 55.6 Å². The average molecular weight is 264 g/mol. The fraction of sp³-hybridized carbons (Fsp3) is 0.571. The van der Waals surface area contributed by atoms with Crippen molar-refractivity contribution in [3.8, 4) is 0 Å². The summed E-state index contributed by atoms with van der Waals surface area (Å²) >= 11 is 0. The van der Waals surface area contributed by atoms with E-state index < -0.39 is 0 Å². The van der Waals surface area contributed by atoms with Crippen molar-refractivity contribution in [2.75, 3.05) is 24.6 Å². The van der Waals surface area contributed by atoms with Crippen LogP contribution in [0.2, 0.25) is 0 Å². The highest BCUT2D eigenvalue weighted by Crippen LogP contribution is 2.34. The van der Waals surface area contributed by atoms with Gasteiger partial charge in [0.15, 0.2) is 0 Å². The zero-order chi connectivity index (χ0) is 14.0. The van der Waals surface area contributed by atoms with Crippen molar-refractivity contribution in [2.45, 2.75) is 32.8 Å². The molecule has 0 aromatic heterocycles. The number of para-hydroxylation sites is 1. The molecule has 0 bridgehead atoms. The molecule has 1 aromatic carbocycles. The van der Waals surface area contributed by atoms with Gasteiger partial charge in [-0.25, -0.2) is 0 Å². The van der Waals surface area contributed by atoms with Crippen LogP contribution in [0.5, 0.6) is 0 Å². The van der Waals surface area contributed by atoms with Gasteiger partial charge in [-0.3, -0.25) is 10.1 Å². The van der Waals surface area contributed by atoms with Crippen LogP contribution in [0.4, 0.5) is 11.4 Å².